The molecule has 0 saturated heterocycles. The van der Waals surface area contributed by atoms with Crippen LogP contribution in [-0.4, -0.2) is 35.9 Å². The van der Waals surface area contributed by atoms with Crippen molar-refractivity contribution in [3.05, 3.63) is 46.2 Å². The van der Waals surface area contributed by atoms with E-state index in [4.69, 9.17) is 9.47 Å². The largest absolute Gasteiger partial charge is 0.454 e. The lowest BCUT2D eigenvalue weighted by Crippen LogP contribution is -2.37. The minimum Gasteiger partial charge on any atom is -0.454 e. The van der Waals surface area contributed by atoms with Gasteiger partial charge in [-0.25, -0.2) is 5.01 Å². The van der Waals surface area contributed by atoms with Gasteiger partial charge in [0.2, 0.25) is 12.7 Å². The molecule has 1 atom stereocenters. The van der Waals surface area contributed by atoms with Gasteiger partial charge in [0, 0.05) is 13.3 Å². The number of nitrogens with zero attached hydrogens (tertiary/aromatic N) is 2. The number of nitrogens with one attached hydrogen (secondary N) is 1. The Kier molecular flexibility index (Phi) is 4.34. The number of carbonyl (C=O) groups excluding carboxylic acids is 2. The van der Waals surface area contributed by atoms with Gasteiger partial charge in [0.15, 0.2) is 11.5 Å². The molecule has 2 aromatic rings. The van der Waals surface area contributed by atoms with E-state index >= 15 is 0 Å². The summed E-state index contributed by atoms with van der Waals surface area (Å²) in [6, 6.07) is 9.35. The van der Waals surface area contributed by atoms with Gasteiger partial charge < -0.3 is 14.8 Å². The predicted molar refractivity (Wildman–Crippen MR) is 96.3 cm³/mol. The molecule has 134 valence electrons. The second-order valence-electron chi connectivity index (χ2n) is 6.00. The third kappa shape index (κ3) is 3.15. The lowest BCUT2D eigenvalue weighted by Gasteiger charge is -2.22. The van der Waals surface area contributed by atoms with Gasteiger partial charge in [-0.05, 0) is 29.1 Å². The molecule has 0 bridgehead atoms. The van der Waals surface area contributed by atoms with Crippen molar-refractivity contribution in [2.45, 2.75) is 19.4 Å². The molecule has 0 aliphatic carbocycles. The molecule has 0 radical (unpaired) electrons. The smallest absolute Gasteiger partial charge is 0.262 e. The van der Waals surface area contributed by atoms with Crippen LogP contribution in [0.25, 0.3) is 0 Å². The molecule has 0 spiro atoms. The number of rotatable bonds is 4. The van der Waals surface area contributed by atoms with Gasteiger partial charge >= 0.3 is 0 Å². The van der Waals surface area contributed by atoms with Crippen molar-refractivity contribution in [1.82, 2.24) is 10.3 Å². The van der Waals surface area contributed by atoms with Gasteiger partial charge in [-0.15, -0.1) is 11.3 Å². The summed E-state index contributed by atoms with van der Waals surface area (Å²) in [7, 11) is 0. The van der Waals surface area contributed by atoms with Crippen molar-refractivity contribution >= 4 is 28.9 Å². The lowest BCUT2D eigenvalue weighted by atomic mass is 10.0. The van der Waals surface area contributed by atoms with Crippen molar-refractivity contribution in [3.63, 3.8) is 0 Å². The molecular weight excluding hydrogens is 354 g/mol. The Morgan fingerprint density at radius 2 is 2.15 bits per heavy atom. The molecule has 26 heavy (non-hydrogen) atoms. The van der Waals surface area contributed by atoms with Crippen LogP contribution in [0.3, 0.4) is 0 Å². The number of benzene rings is 1. The molecule has 2 aliphatic rings. The van der Waals surface area contributed by atoms with E-state index < -0.39 is 0 Å². The number of hydrogen-bond donors (Lipinski definition) is 1. The van der Waals surface area contributed by atoms with Gasteiger partial charge in [0.25, 0.3) is 5.91 Å². The number of carbonyl (C=O) groups is 2. The van der Waals surface area contributed by atoms with E-state index in [2.05, 4.69) is 10.4 Å². The first kappa shape index (κ1) is 16.6. The summed E-state index contributed by atoms with van der Waals surface area (Å²) in [5, 5.41) is 10.5. The van der Waals surface area contributed by atoms with Gasteiger partial charge in [-0.3, -0.25) is 9.59 Å². The van der Waals surface area contributed by atoms with Gasteiger partial charge in [0.05, 0.1) is 23.2 Å². The Hall–Kier alpha value is -2.87. The molecular formula is C18H17N3O4S. The Morgan fingerprint density at radius 3 is 2.92 bits per heavy atom. The van der Waals surface area contributed by atoms with Crippen molar-refractivity contribution in [3.8, 4) is 11.5 Å². The van der Waals surface area contributed by atoms with Crippen molar-refractivity contribution in [2.24, 2.45) is 5.10 Å². The molecule has 1 N–H and O–H groups in total. The van der Waals surface area contributed by atoms with E-state index in [1.807, 2.05) is 35.7 Å². The standard InChI is InChI=1S/C18H17N3O4S/c1-11(22)19-9-18(23)21-14(8-13(20-21)17-3-2-6-26-17)12-4-5-15-16(7-12)25-10-24-15/h2-7,14H,8-10H2,1H3,(H,19,22)/t14-/m1/s1. The number of fused-ring (bicyclic) bond motifs is 1. The van der Waals surface area contributed by atoms with Crippen LogP contribution in [0.2, 0.25) is 0 Å². The van der Waals surface area contributed by atoms with Crippen LogP contribution in [-0.2, 0) is 9.59 Å². The minimum absolute atomic E-state index is 0.0857. The molecule has 4 rings (SSSR count). The van der Waals surface area contributed by atoms with Gasteiger partial charge in [0.1, 0.15) is 0 Å². The summed E-state index contributed by atoms with van der Waals surface area (Å²) >= 11 is 1.59. The fourth-order valence-corrected chi connectivity index (χ4v) is 3.71. The monoisotopic (exact) mass is 371 g/mol. The van der Waals surface area contributed by atoms with Crippen LogP contribution in [0, 0.1) is 0 Å². The first-order valence-electron chi connectivity index (χ1n) is 8.19. The summed E-state index contributed by atoms with van der Waals surface area (Å²) in [5.74, 6) is 0.859. The quantitative estimate of drug-likeness (QED) is 0.894. The number of hydrogen-bond acceptors (Lipinski definition) is 6. The fraction of sp³-hybridized carbons (Fsp3) is 0.278. The number of hydrazone groups is 1. The third-order valence-corrected chi connectivity index (χ3v) is 5.16. The molecule has 1 aromatic carbocycles. The van der Waals surface area contributed by atoms with E-state index in [9.17, 15) is 9.59 Å². The number of thiophene rings is 1. The Labute approximate surface area is 154 Å². The van der Waals surface area contributed by atoms with Crippen LogP contribution in [0.1, 0.15) is 29.8 Å². The lowest BCUT2D eigenvalue weighted by molar-refractivity contribution is -0.134. The molecule has 2 amide bonds. The van der Waals surface area contributed by atoms with Crippen molar-refractivity contribution in [1.29, 1.82) is 0 Å². The first-order valence-corrected chi connectivity index (χ1v) is 9.07. The highest BCUT2D eigenvalue weighted by Crippen LogP contribution is 2.39. The average Bonchev–Trinajstić information content (AvgIpc) is 3.38. The molecule has 1 aromatic heterocycles. The van der Waals surface area contributed by atoms with E-state index in [0.717, 1.165) is 16.2 Å². The summed E-state index contributed by atoms with van der Waals surface area (Å²) < 4.78 is 10.8. The topological polar surface area (TPSA) is 80.2 Å². The maximum absolute atomic E-state index is 12.6. The van der Waals surface area contributed by atoms with Gasteiger partial charge in [-0.1, -0.05) is 12.1 Å². The normalized spacial score (nSPS) is 18.0. The molecule has 3 heterocycles. The van der Waals surface area contributed by atoms with Gasteiger partial charge in [-0.2, -0.15) is 5.10 Å². The summed E-state index contributed by atoms with van der Waals surface area (Å²) in [6.07, 6.45) is 0.603. The molecule has 0 fully saturated rings. The van der Waals surface area contributed by atoms with Crippen molar-refractivity contribution < 1.29 is 19.1 Å². The van der Waals surface area contributed by atoms with Crippen molar-refractivity contribution in [2.75, 3.05) is 13.3 Å². The zero-order chi connectivity index (χ0) is 18.1. The van der Waals surface area contributed by atoms with E-state index in [1.165, 1.54) is 11.9 Å². The first-order chi connectivity index (χ1) is 12.6. The van der Waals surface area contributed by atoms with Crippen LogP contribution in [0.4, 0.5) is 0 Å². The van der Waals surface area contributed by atoms with Crippen LogP contribution in [0.15, 0.2) is 40.8 Å². The Morgan fingerprint density at radius 1 is 1.31 bits per heavy atom. The van der Waals surface area contributed by atoms with Crippen LogP contribution < -0.4 is 14.8 Å². The molecule has 0 saturated carbocycles. The highest BCUT2D eigenvalue weighted by atomic mass is 32.1. The van der Waals surface area contributed by atoms with E-state index in [-0.39, 0.29) is 31.2 Å². The maximum Gasteiger partial charge on any atom is 0.262 e. The Bertz CT molecular complexity index is 879. The maximum atomic E-state index is 12.6. The van der Waals surface area contributed by atoms with E-state index in [1.54, 1.807) is 11.3 Å². The third-order valence-electron chi connectivity index (χ3n) is 4.24. The highest BCUT2D eigenvalue weighted by molar-refractivity contribution is 7.12. The number of amides is 2. The SMILES string of the molecule is CC(=O)NCC(=O)N1N=C(c2cccs2)C[C@@H]1c1ccc2c(c1)OCO2. The minimum atomic E-state index is -0.255. The summed E-state index contributed by atoms with van der Waals surface area (Å²) in [6.45, 7) is 1.50. The number of ether oxygens (including phenoxy) is 2. The zero-order valence-corrected chi connectivity index (χ0v) is 14.9. The molecule has 0 unspecified atom stereocenters. The second kappa shape index (κ2) is 6.80. The highest BCUT2D eigenvalue weighted by Gasteiger charge is 2.34. The van der Waals surface area contributed by atoms with E-state index in [0.29, 0.717) is 17.9 Å². The molecule has 7 nitrogen and oxygen atoms in total. The molecule has 2 aliphatic heterocycles. The zero-order valence-electron chi connectivity index (χ0n) is 14.1. The summed E-state index contributed by atoms with van der Waals surface area (Å²) in [4.78, 5) is 24.8. The average molecular weight is 371 g/mol. The predicted octanol–water partition coefficient (Wildman–Crippen LogP) is 2.29. The molecule has 8 heteroatoms. The summed E-state index contributed by atoms with van der Waals surface area (Å²) in [5.41, 5.74) is 1.78. The second-order valence-corrected chi connectivity index (χ2v) is 6.95. The fourth-order valence-electron chi connectivity index (χ4n) is 2.99. The Balaban J connectivity index is 1.63. The van der Waals surface area contributed by atoms with Crippen LogP contribution in [0.5, 0.6) is 11.5 Å². The van der Waals surface area contributed by atoms with Crippen LogP contribution >= 0.6 is 11.3 Å².